The fraction of sp³-hybridized carbons (Fsp3) is 0.294. The van der Waals surface area contributed by atoms with Gasteiger partial charge in [-0.05, 0) is 47.6 Å². The Hall–Kier alpha value is -2.17. The normalized spacial score (nSPS) is 14.0. The maximum absolute atomic E-state index is 8.93. The second-order valence-electron chi connectivity index (χ2n) is 5.81. The monoisotopic (exact) mass is 353 g/mol. The molecule has 3 aromatic rings. The lowest BCUT2D eigenvalue weighted by molar-refractivity contribution is 0.955. The number of pyridine rings is 1. The third-order valence-electron chi connectivity index (χ3n) is 3.99. The van der Waals surface area contributed by atoms with Gasteiger partial charge in [-0.25, -0.2) is 9.97 Å². The van der Waals surface area contributed by atoms with Crippen molar-refractivity contribution in [1.82, 2.24) is 15.0 Å². The van der Waals surface area contributed by atoms with Gasteiger partial charge in [0.25, 0.3) is 0 Å². The van der Waals surface area contributed by atoms with Crippen molar-refractivity contribution in [3.8, 4) is 6.07 Å². The maximum atomic E-state index is 8.93. The summed E-state index contributed by atoms with van der Waals surface area (Å²) in [5, 5.41) is 13.1. The van der Waals surface area contributed by atoms with E-state index in [2.05, 4.69) is 26.4 Å². The molecule has 0 amide bonds. The van der Waals surface area contributed by atoms with E-state index in [-0.39, 0.29) is 0 Å². The first-order chi connectivity index (χ1) is 11.7. The number of nitrogens with two attached hydrogens (primary N) is 1. The molecule has 1 fully saturated rings. The number of aromatic nitrogens is 3. The van der Waals surface area contributed by atoms with Crippen LogP contribution < -0.4 is 5.73 Å². The van der Waals surface area contributed by atoms with Crippen LogP contribution >= 0.6 is 23.1 Å². The van der Waals surface area contributed by atoms with Gasteiger partial charge < -0.3 is 5.73 Å². The van der Waals surface area contributed by atoms with E-state index in [1.54, 1.807) is 11.3 Å². The molecule has 1 saturated carbocycles. The van der Waals surface area contributed by atoms with Crippen molar-refractivity contribution in [1.29, 1.82) is 5.26 Å². The standard InChI is InChI=1S/C17H15N5S2/c18-7-12-6-16(19)22-17(21-12)23-4-3-11-5-13-14(10-1-2-10)9-24-15(13)8-20-11/h5-6,8-10H,1-4H2,(H2,19,21,22). The first-order valence-corrected chi connectivity index (χ1v) is 9.63. The number of rotatable bonds is 5. The predicted molar refractivity (Wildman–Crippen MR) is 97.2 cm³/mol. The largest absolute Gasteiger partial charge is 0.384 e. The highest BCUT2D eigenvalue weighted by Crippen LogP contribution is 2.45. The lowest BCUT2D eigenvalue weighted by atomic mass is 10.1. The van der Waals surface area contributed by atoms with Crippen LogP contribution in [0.5, 0.6) is 0 Å². The molecule has 120 valence electrons. The Morgan fingerprint density at radius 1 is 1.33 bits per heavy atom. The summed E-state index contributed by atoms with van der Waals surface area (Å²) in [6.45, 7) is 0. The molecule has 1 aliphatic carbocycles. The molecule has 2 N–H and O–H groups in total. The van der Waals surface area contributed by atoms with Gasteiger partial charge in [0.15, 0.2) is 5.16 Å². The number of nitriles is 1. The molecule has 0 aromatic carbocycles. The van der Waals surface area contributed by atoms with E-state index in [4.69, 9.17) is 11.0 Å². The van der Waals surface area contributed by atoms with Crippen molar-refractivity contribution in [2.75, 3.05) is 11.5 Å². The first-order valence-electron chi connectivity index (χ1n) is 7.76. The Morgan fingerprint density at radius 3 is 3.00 bits per heavy atom. The zero-order valence-corrected chi connectivity index (χ0v) is 14.5. The molecular formula is C17H15N5S2. The van der Waals surface area contributed by atoms with E-state index >= 15 is 0 Å². The molecule has 0 unspecified atom stereocenters. The minimum absolute atomic E-state index is 0.303. The van der Waals surface area contributed by atoms with Crippen molar-refractivity contribution in [3.63, 3.8) is 0 Å². The summed E-state index contributed by atoms with van der Waals surface area (Å²) in [6, 6.07) is 5.71. The average Bonchev–Trinajstić information content (AvgIpc) is 3.34. The summed E-state index contributed by atoms with van der Waals surface area (Å²) >= 11 is 3.28. The van der Waals surface area contributed by atoms with E-state index in [9.17, 15) is 0 Å². The molecule has 24 heavy (non-hydrogen) atoms. The average molecular weight is 353 g/mol. The van der Waals surface area contributed by atoms with Gasteiger partial charge in [-0.1, -0.05) is 11.8 Å². The molecule has 1 aliphatic rings. The molecule has 7 heteroatoms. The van der Waals surface area contributed by atoms with Crippen molar-refractivity contribution >= 4 is 39.0 Å². The molecule has 4 rings (SSSR count). The first kappa shape index (κ1) is 15.4. The number of hydrogen-bond acceptors (Lipinski definition) is 7. The predicted octanol–water partition coefficient (Wildman–Crippen LogP) is 3.75. The van der Waals surface area contributed by atoms with Gasteiger partial charge in [-0.15, -0.1) is 11.3 Å². The smallest absolute Gasteiger partial charge is 0.190 e. The van der Waals surface area contributed by atoms with Gasteiger partial charge >= 0.3 is 0 Å². The summed E-state index contributed by atoms with van der Waals surface area (Å²) in [5.41, 5.74) is 8.57. The number of anilines is 1. The van der Waals surface area contributed by atoms with Gasteiger partial charge in [0.05, 0.1) is 4.70 Å². The second kappa shape index (κ2) is 6.38. The number of aryl methyl sites for hydroxylation is 1. The van der Waals surface area contributed by atoms with E-state index < -0.39 is 0 Å². The fourth-order valence-electron chi connectivity index (χ4n) is 2.66. The highest BCUT2D eigenvalue weighted by molar-refractivity contribution is 7.99. The van der Waals surface area contributed by atoms with Crippen LogP contribution in [0.1, 0.15) is 35.7 Å². The Morgan fingerprint density at radius 2 is 2.21 bits per heavy atom. The van der Waals surface area contributed by atoms with Gasteiger partial charge in [-0.3, -0.25) is 4.98 Å². The lowest BCUT2D eigenvalue weighted by Gasteiger charge is -2.03. The van der Waals surface area contributed by atoms with Gasteiger partial charge in [-0.2, -0.15) is 5.26 Å². The molecule has 5 nitrogen and oxygen atoms in total. The zero-order chi connectivity index (χ0) is 16.5. The highest BCUT2D eigenvalue weighted by Gasteiger charge is 2.26. The van der Waals surface area contributed by atoms with Gasteiger partial charge in [0.2, 0.25) is 0 Å². The Labute approximate surface area is 148 Å². The number of fused-ring (bicyclic) bond motifs is 1. The highest BCUT2D eigenvalue weighted by atomic mass is 32.2. The topological polar surface area (TPSA) is 88.5 Å². The molecule has 0 aliphatic heterocycles. The van der Waals surface area contributed by atoms with E-state index in [0.29, 0.717) is 16.7 Å². The Bertz CT molecular complexity index is 940. The van der Waals surface area contributed by atoms with E-state index in [0.717, 1.165) is 23.8 Å². The van der Waals surface area contributed by atoms with Crippen molar-refractivity contribution in [2.24, 2.45) is 0 Å². The Balaban J connectivity index is 1.46. The quantitative estimate of drug-likeness (QED) is 0.555. The SMILES string of the molecule is N#Cc1cc(N)nc(SCCc2cc3c(C4CC4)csc3cn2)n1. The molecule has 0 spiro atoms. The fourth-order valence-corrected chi connectivity index (χ4v) is 4.47. The minimum Gasteiger partial charge on any atom is -0.384 e. The van der Waals surface area contributed by atoms with Gasteiger partial charge in [0, 0.05) is 23.7 Å². The zero-order valence-electron chi connectivity index (χ0n) is 12.9. The lowest BCUT2D eigenvalue weighted by Crippen LogP contribution is -1.99. The summed E-state index contributed by atoms with van der Waals surface area (Å²) < 4.78 is 1.27. The molecule has 0 saturated heterocycles. The molecule has 0 atom stereocenters. The Kier molecular flexibility index (Phi) is 4.08. The number of nitrogens with zero attached hydrogens (tertiary/aromatic N) is 4. The molecular weight excluding hydrogens is 338 g/mol. The number of thioether (sulfide) groups is 1. The van der Waals surface area contributed by atoms with Gasteiger partial charge in [0.1, 0.15) is 17.6 Å². The summed E-state index contributed by atoms with van der Waals surface area (Å²) in [6.07, 6.45) is 5.44. The molecule has 0 bridgehead atoms. The van der Waals surface area contributed by atoms with Crippen LogP contribution in [0.25, 0.3) is 10.1 Å². The van der Waals surface area contributed by atoms with E-state index in [1.807, 2.05) is 12.3 Å². The third-order valence-corrected chi connectivity index (χ3v) is 5.79. The summed E-state index contributed by atoms with van der Waals surface area (Å²) in [7, 11) is 0. The molecule has 0 radical (unpaired) electrons. The van der Waals surface area contributed by atoms with Crippen LogP contribution in [0.3, 0.4) is 0 Å². The van der Waals surface area contributed by atoms with Crippen LogP contribution in [-0.2, 0) is 6.42 Å². The number of nitrogen functional groups attached to an aromatic ring is 1. The number of hydrogen-bond donors (Lipinski definition) is 1. The van der Waals surface area contributed by atoms with Crippen molar-refractivity contribution in [3.05, 3.63) is 40.7 Å². The molecule has 3 heterocycles. The van der Waals surface area contributed by atoms with Crippen molar-refractivity contribution in [2.45, 2.75) is 30.3 Å². The third kappa shape index (κ3) is 3.21. The van der Waals surface area contributed by atoms with Crippen molar-refractivity contribution < 1.29 is 0 Å². The van der Waals surface area contributed by atoms with Crippen LogP contribution in [0.2, 0.25) is 0 Å². The van der Waals surface area contributed by atoms with E-state index in [1.165, 1.54) is 46.3 Å². The van der Waals surface area contributed by atoms with Crippen LogP contribution in [0, 0.1) is 11.3 Å². The summed E-state index contributed by atoms with van der Waals surface area (Å²) in [5.74, 6) is 1.89. The minimum atomic E-state index is 0.303. The van der Waals surface area contributed by atoms with Crippen LogP contribution in [0.15, 0.2) is 28.9 Å². The number of thiophene rings is 1. The van der Waals surface area contributed by atoms with Crippen LogP contribution in [0.4, 0.5) is 5.82 Å². The van der Waals surface area contributed by atoms with Crippen LogP contribution in [-0.4, -0.2) is 20.7 Å². The molecule has 3 aromatic heterocycles. The second-order valence-corrected chi connectivity index (χ2v) is 7.78. The maximum Gasteiger partial charge on any atom is 0.190 e. The summed E-state index contributed by atoms with van der Waals surface area (Å²) in [4.78, 5) is 12.9.